The number of hydrogen-bond acceptors (Lipinski definition) is 2. The molecular weight excluding hydrogens is 370 g/mol. The number of thiocarbonyl (C=S) groups is 1. The van der Waals surface area contributed by atoms with Crippen molar-refractivity contribution in [3.8, 4) is 11.5 Å². The maximum Gasteiger partial charge on any atom is 0.139 e. The average Bonchev–Trinajstić information content (AvgIpc) is 2.40. The Hall–Kier alpha value is -1.10. The van der Waals surface area contributed by atoms with E-state index in [-0.39, 0.29) is 4.99 Å². The number of hydrogen-bond donors (Lipinski definition) is 1. The van der Waals surface area contributed by atoms with Crippen LogP contribution in [0.5, 0.6) is 11.5 Å². The van der Waals surface area contributed by atoms with Crippen molar-refractivity contribution in [2.24, 2.45) is 5.73 Å². The van der Waals surface area contributed by atoms with E-state index in [0.29, 0.717) is 22.3 Å². The Morgan fingerprint density at radius 2 is 1.95 bits per heavy atom. The van der Waals surface area contributed by atoms with E-state index in [9.17, 15) is 0 Å². The molecule has 0 atom stereocenters. The first-order valence-corrected chi connectivity index (χ1v) is 8.03. The molecule has 0 unspecified atom stereocenters. The van der Waals surface area contributed by atoms with Gasteiger partial charge in [-0.05, 0) is 41.8 Å². The highest BCUT2D eigenvalue weighted by Crippen LogP contribution is 2.35. The molecule has 2 rings (SSSR count). The first-order chi connectivity index (χ1) is 9.90. The lowest BCUT2D eigenvalue weighted by molar-refractivity contribution is 0.472. The van der Waals surface area contributed by atoms with E-state index in [2.05, 4.69) is 29.8 Å². The average molecular weight is 385 g/mol. The fraction of sp³-hybridized carbons (Fsp3) is 0.188. The third-order valence-corrected chi connectivity index (χ3v) is 4.05. The van der Waals surface area contributed by atoms with Crippen LogP contribution in [0.4, 0.5) is 0 Å². The molecule has 0 saturated carbocycles. The number of nitrogens with two attached hydrogens (primary N) is 1. The largest absolute Gasteiger partial charge is 0.456 e. The molecule has 2 N–H and O–H groups in total. The molecule has 0 fully saturated rings. The summed E-state index contributed by atoms with van der Waals surface area (Å²) in [7, 11) is 0. The quantitative estimate of drug-likeness (QED) is 0.691. The molecule has 0 bridgehead atoms. The third-order valence-electron chi connectivity index (χ3n) is 3.04. The monoisotopic (exact) mass is 383 g/mol. The molecule has 0 aliphatic rings. The summed E-state index contributed by atoms with van der Waals surface area (Å²) in [4.78, 5) is 0.221. The Labute approximate surface area is 143 Å². The van der Waals surface area contributed by atoms with Crippen LogP contribution in [0.15, 0.2) is 40.9 Å². The predicted octanol–water partition coefficient (Wildman–Crippen LogP) is 5.65. The van der Waals surface area contributed by atoms with Crippen LogP contribution in [0.25, 0.3) is 0 Å². The highest BCUT2D eigenvalue weighted by molar-refractivity contribution is 9.10. The van der Waals surface area contributed by atoms with Gasteiger partial charge in [-0.1, -0.05) is 59.7 Å². The normalized spacial score (nSPS) is 10.7. The van der Waals surface area contributed by atoms with E-state index in [1.54, 1.807) is 6.07 Å². The van der Waals surface area contributed by atoms with Gasteiger partial charge in [0, 0.05) is 4.47 Å². The van der Waals surface area contributed by atoms with Crippen LogP contribution in [0.3, 0.4) is 0 Å². The summed E-state index contributed by atoms with van der Waals surface area (Å²) in [6.45, 7) is 4.22. The van der Waals surface area contributed by atoms with Crippen molar-refractivity contribution in [3.63, 3.8) is 0 Å². The number of halogens is 2. The zero-order chi connectivity index (χ0) is 15.6. The molecule has 0 saturated heterocycles. The molecule has 0 radical (unpaired) electrons. The molecular formula is C16H15BrClNOS. The second-order valence-corrected chi connectivity index (χ2v) is 6.68. The summed E-state index contributed by atoms with van der Waals surface area (Å²) in [6.07, 6.45) is 0. The van der Waals surface area contributed by atoms with Gasteiger partial charge in [0.2, 0.25) is 0 Å². The lowest BCUT2D eigenvalue weighted by Gasteiger charge is -2.16. The highest BCUT2D eigenvalue weighted by Gasteiger charge is 2.15. The van der Waals surface area contributed by atoms with Crippen LogP contribution in [-0.2, 0) is 0 Å². The molecule has 2 nitrogen and oxygen atoms in total. The third kappa shape index (κ3) is 3.76. The highest BCUT2D eigenvalue weighted by atomic mass is 79.9. The number of benzene rings is 2. The Bertz CT molecular complexity index is 688. The zero-order valence-electron chi connectivity index (χ0n) is 11.7. The second-order valence-electron chi connectivity index (χ2n) is 4.92. The van der Waals surface area contributed by atoms with Gasteiger partial charge < -0.3 is 10.5 Å². The van der Waals surface area contributed by atoms with Gasteiger partial charge in [-0.15, -0.1) is 0 Å². The van der Waals surface area contributed by atoms with Crippen molar-refractivity contribution >= 4 is 44.7 Å². The zero-order valence-corrected chi connectivity index (χ0v) is 14.8. The Morgan fingerprint density at radius 3 is 2.57 bits per heavy atom. The number of ether oxygens (including phenoxy) is 1. The molecule has 0 spiro atoms. The minimum Gasteiger partial charge on any atom is -0.456 e. The van der Waals surface area contributed by atoms with Crippen LogP contribution in [0.2, 0.25) is 5.02 Å². The predicted molar refractivity (Wildman–Crippen MR) is 95.6 cm³/mol. The van der Waals surface area contributed by atoms with E-state index in [0.717, 1.165) is 15.8 Å². The van der Waals surface area contributed by atoms with Crippen LogP contribution >= 0.6 is 39.7 Å². The maximum absolute atomic E-state index is 6.16. The van der Waals surface area contributed by atoms with Crippen molar-refractivity contribution in [2.45, 2.75) is 19.8 Å². The van der Waals surface area contributed by atoms with Gasteiger partial charge in [0.25, 0.3) is 0 Å². The van der Waals surface area contributed by atoms with Crippen molar-refractivity contribution in [3.05, 3.63) is 57.0 Å². The molecule has 0 aliphatic heterocycles. The van der Waals surface area contributed by atoms with Crippen molar-refractivity contribution in [2.75, 3.05) is 0 Å². The van der Waals surface area contributed by atoms with Crippen LogP contribution in [0.1, 0.15) is 30.9 Å². The van der Waals surface area contributed by atoms with Crippen LogP contribution in [0, 0.1) is 0 Å². The molecule has 110 valence electrons. The molecule has 0 aromatic heterocycles. The van der Waals surface area contributed by atoms with Gasteiger partial charge in [-0.3, -0.25) is 0 Å². The summed E-state index contributed by atoms with van der Waals surface area (Å²) < 4.78 is 7.04. The molecule has 0 heterocycles. The van der Waals surface area contributed by atoms with Crippen molar-refractivity contribution < 1.29 is 4.74 Å². The summed E-state index contributed by atoms with van der Waals surface area (Å²) in [5, 5.41) is 0.489. The van der Waals surface area contributed by atoms with Crippen molar-refractivity contribution in [1.29, 1.82) is 0 Å². The smallest absolute Gasteiger partial charge is 0.139 e. The van der Waals surface area contributed by atoms with Gasteiger partial charge in [0.1, 0.15) is 16.5 Å². The molecule has 5 heteroatoms. The molecule has 0 aliphatic carbocycles. The topological polar surface area (TPSA) is 35.2 Å². The summed E-state index contributed by atoms with van der Waals surface area (Å²) in [6, 6.07) is 11.3. The summed E-state index contributed by atoms with van der Waals surface area (Å²) in [5.41, 5.74) is 7.41. The Morgan fingerprint density at radius 1 is 1.24 bits per heavy atom. The van der Waals surface area contributed by atoms with Gasteiger partial charge in [0.15, 0.2) is 0 Å². The summed E-state index contributed by atoms with van der Waals surface area (Å²) >= 11 is 14.7. The molecule has 2 aromatic rings. The number of rotatable bonds is 4. The Kier molecular flexibility index (Phi) is 5.25. The fourth-order valence-electron chi connectivity index (χ4n) is 2.01. The Balaban J connectivity index is 2.49. The lowest BCUT2D eigenvalue weighted by Crippen LogP contribution is -2.11. The van der Waals surface area contributed by atoms with Gasteiger partial charge >= 0.3 is 0 Å². The molecule has 2 aromatic carbocycles. The van der Waals surface area contributed by atoms with E-state index < -0.39 is 0 Å². The van der Waals surface area contributed by atoms with Gasteiger partial charge in [-0.25, -0.2) is 0 Å². The first kappa shape index (κ1) is 16.3. The van der Waals surface area contributed by atoms with Crippen LogP contribution in [-0.4, -0.2) is 4.99 Å². The van der Waals surface area contributed by atoms with Gasteiger partial charge in [0.05, 0.1) is 10.6 Å². The van der Waals surface area contributed by atoms with E-state index in [4.69, 9.17) is 34.3 Å². The minimum absolute atomic E-state index is 0.221. The van der Waals surface area contributed by atoms with Gasteiger partial charge in [-0.2, -0.15) is 0 Å². The SMILES string of the molecule is CC(C)c1cc(Br)ccc1Oc1cccc(Cl)c1C(N)=S. The summed E-state index contributed by atoms with van der Waals surface area (Å²) in [5.74, 6) is 1.66. The van der Waals surface area contributed by atoms with E-state index in [1.807, 2.05) is 30.3 Å². The molecule has 21 heavy (non-hydrogen) atoms. The fourth-order valence-corrected chi connectivity index (χ4v) is 2.92. The second kappa shape index (κ2) is 6.77. The lowest BCUT2D eigenvalue weighted by atomic mass is 10.0. The minimum atomic E-state index is 0.221. The molecule has 0 amide bonds. The van der Waals surface area contributed by atoms with E-state index >= 15 is 0 Å². The van der Waals surface area contributed by atoms with Crippen molar-refractivity contribution in [1.82, 2.24) is 0 Å². The van der Waals surface area contributed by atoms with Crippen LogP contribution < -0.4 is 10.5 Å². The standard InChI is InChI=1S/C16H15BrClNOS/c1-9(2)11-8-10(17)6-7-13(11)20-14-5-3-4-12(18)15(14)16(19)21/h3-9H,1-2H3,(H2,19,21). The maximum atomic E-state index is 6.16. The first-order valence-electron chi connectivity index (χ1n) is 6.45. The van der Waals surface area contributed by atoms with E-state index in [1.165, 1.54) is 0 Å².